The maximum atomic E-state index is 5.92. The van der Waals surface area contributed by atoms with Gasteiger partial charge in [-0.15, -0.1) is 0 Å². The summed E-state index contributed by atoms with van der Waals surface area (Å²) in [4.78, 5) is 11.2. The Kier molecular flexibility index (Phi) is 3.58. The normalized spacial score (nSPS) is 14.4. The lowest BCUT2D eigenvalue weighted by atomic mass is 10.3. The highest BCUT2D eigenvalue weighted by molar-refractivity contribution is 5.49. The van der Waals surface area contributed by atoms with E-state index >= 15 is 0 Å². The molecule has 106 valence electrons. The second-order valence-electron chi connectivity index (χ2n) is 5.26. The highest BCUT2D eigenvalue weighted by Crippen LogP contribution is 2.32. The van der Waals surface area contributed by atoms with Crippen LogP contribution in [0.5, 0.6) is 0 Å². The molecule has 1 saturated carbocycles. The third-order valence-corrected chi connectivity index (χ3v) is 3.44. The predicted octanol–water partition coefficient (Wildman–Crippen LogP) is 2.77. The molecular formula is C15H20N4O. The summed E-state index contributed by atoms with van der Waals surface area (Å²) < 4.78 is 5.46. The van der Waals surface area contributed by atoms with Crippen molar-refractivity contribution in [1.29, 1.82) is 0 Å². The van der Waals surface area contributed by atoms with E-state index in [9.17, 15) is 0 Å². The Bertz CT molecular complexity index is 563. The van der Waals surface area contributed by atoms with Crippen LogP contribution in [0.15, 0.2) is 28.9 Å². The monoisotopic (exact) mass is 272 g/mol. The number of nitrogens with two attached hydrogens (primary N) is 1. The summed E-state index contributed by atoms with van der Waals surface area (Å²) in [5, 5.41) is 0. The van der Waals surface area contributed by atoms with Gasteiger partial charge in [-0.3, -0.25) is 0 Å². The smallest absolute Gasteiger partial charge is 0.135 e. The first kappa shape index (κ1) is 13.0. The van der Waals surface area contributed by atoms with Gasteiger partial charge in [0, 0.05) is 18.5 Å². The highest BCUT2D eigenvalue weighted by atomic mass is 16.3. The molecule has 0 bridgehead atoms. The maximum absolute atomic E-state index is 5.92. The van der Waals surface area contributed by atoms with Crippen molar-refractivity contribution < 1.29 is 4.42 Å². The van der Waals surface area contributed by atoms with E-state index in [1.807, 2.05) is 18.2 Å². The van der Waals surface area contributed by atoms with Crippen molar-refractivity contribution in [2.75, 3.05) is 10.6 Å². The molecule has 0 radical (unpaired) electrons. The van der Waals surface area contributed by atoms with Gasteiger partial charge in [0.05, 0.1) is 12.8 Å². The fraction of sp³-hybridized carbons (Fsp3) is 0.467. The van der Waals surface area contributed by atoms with Crippen LogP contribution in [0.1, 0.15) is 37.8 Å². The number of aryl methyl sites for hydroxylation is 1. The summed E-state index contributed by atoms with van der Waals surface area (Å²) in [7, 11) is 0. The van der Waals surface area contributed by atoms with Gasteiger partial charge in [0.1, 0.15) is 23.2 Å². The molecule has 0 atom stereocenters. The van der Waals surface area contributed by atoms with Gasteiger partial charge in [0.2, 0.25) is 0 Å². The summed E-state index contributed by atoms with van der Waals surface area (Å²) in [6.45, 7) is 2.85. The van der Waals surface area contributed by atoms with E-state index in [1.54, 1.807) is 6.26 Å². The number of anilines is 2. The number of hydrogen-bond donors (Lipinski definition) is 1. The first-order valence-electron chi connectivity index (χ1n) is 7.18. The molecule has 20 heavy (non-hydrogen) atoms. The van der Waals surface area contributed by atoms with E-state index in [-0.39, 0.29) is 0 Å². The van der Waals surface area contributed by atoms with E-state index in [2.05, 4.69) is 21.8 Å². The molecule has 2 aromatic rings. The SMILES string of the molecule is CCCc1nc(N)cc(N(Cc2ccco2)C2CC2)n1. The van der Waals surface area contributed by atoms with Crippen molar-refractivity contribution >= 4 is 11.6 Å². The van der Waals surface area contributed by atoms with Crippen molar-refractivity contribution in [3.63, 3.8) is 0 Å². The minimum absolute atomic E-state index is 0.545. The number of nitrogen functional groups attached to an aromatic ring is 1. The molecule has 1 fully saturated rings. The Morgan fingerprint density at radius 3 is 2.90 bits per heavy atom. The molecule has 2 heterocycles. The zero-order valence-electron chi connectivity index (χ0n) is 11.7. The van der Waals surface area contributed by atoms with Gasteiger partial charge in [-0.05, 0) is 31.4 Å². The second-order valence-corrected chi connectivity index (χ2v) is 5.26. The molecule has 1 aliphatic rings. The maximum Gasteiger partial charge on any atom is 0.135 e. The van der Waals surface area contributed by atoms with Crippen molar-refractivity contribution in [3.8, 4) is 0 Å². The van der Waals surface area contributed by atoms with Crippen molar-refractivity contribution in [1.82, 2.24) is 9.97 Å². The summed E-state index contributed by atoms with van der Waals surface area (Å²) in [5.41, 5.74) is 5.92. The third-order valence-electron chi connectivity index (χ3n) is 3.44. The van der Waals surface area contributed by atoms with Crippen LogP contribution < -0.4 is 10.6 Å². The first-order chi connectivity index (χ1) is 9.76. The molecule has 0 unspecified atom stereocenters. The standard InChI is InChI=1S/C15H20N4O/c1-2-4-14-17-13(16)9-15(18-14)19(11-6-7-11)10-12-5-3-8-20-12/h3,5,8-9,11H,2,4,6-7,10H2,1H3,(H2,16,17,18). The third kappa shape index (κ3) is 2.92. The molecule has 5 heteroatoms. The van der Waals surface area contributed by atoms with E-state index in [0.717, 1.165) is 36.8 Å². The average molecular weight is 272 g/mol. The van der Waals surface area contributed by atoms with Crippen LogP contribution in [0.25, 0.3) is 0 Å². The largest absolute Gasteiger partial charge is 0.467 e. The lowest BCUT2D eigenvalue weighted by Crippen LogP contribution is -2.26. The Hall–Kier alpha value is -2.04. The van der Waals surface area contributed by atoms with E-state index in [1.165, 1.54) is 12.8 Å². The second kappa shape index (κ2) is 5.53. The van der Waals surface area contributed by atoms with Crippen molar-refractivity contribution in [2.24, 2.45) is 0 Å². The summed E-state index contributed by atoms with van der Waals surface area (Å²) in [6, 6.07) is 6.31. The van der Waals surface area contributed by atoms with Gasteiger partial charge in [0.25, 0.3) is 0 Å². The summed E-state index contributed by atoms with van der Waals surface area (Å²) in [5.74, 6) is 3.24. The molecule has 0 amide bonds. The molecule has 5 nitrogen and oxygen atoms in total. The Balaban J connectivity index is 1.86. The van der Waals surface area contributed by atoms with Crippen LogP contribution >= 0.6 is 0 Å². The van der Waals surface area contributed by atoms with Gasteiger partial charge >= 0.3 is 0 Å². The van der Waals surface area contributed by atoms with E-state index < -0.39 is 0 Å². The zero-order chi connectivity index (χ0) is 13.9. The van der Waals surface area contributed by atoms with E-state index in [4.69, 9.17) is 10.2 Å². The zero-order valence-corrected chi connectivity index (χ0v) is 11.7. The Labute approximate surface area is 118 Å². The van der Waals surface area contributed by atoms with Crippen LogP contribution in [0.4, 0.5) is 11.6 Å². The van der Waals surface area contributed by atoms with Crippen LogP contribution in [0.2, 0.25) is 0 Å². The molecule has 0 saturated heterocycles. The van der Waals surface area contributed by atoms with Gasteiger partial charge in [-0.25, -0.2) is 9.97 Å². The molecule has 3 rings (SSSR count). The Morgan fingerprint density at radius 1 is 1.40 bits per heavy atom. The number of nitrogens with zero attached hydrogens (tertiary/aromatic N) is 3. The van der Waals surface area contributed by atoms with Crippen LogP contribution in [0.3, 0.4) is 0 Å². The van der Waals surface area contributed by atoms with Gasteiger partial charge in [-0.2, -0.15) is 0 Å². The molecule has 2 N–H and O–H groups in total. The molecule has 1 aliphatic carbocycles. The molecular weight excluding hydrogens is 252 g/mol. The van der Waals surface area contributed by atoms with Gasteiger partial charge in [0.15, 0.2) is 0 Å². The molecule has 0 spiro atoms. The summed E-state index contributed by atoms with van der Waals surface area (Å²) in [6.07, 6.45) is 5.99. The van der Waals surface area contributed by atoms with Gasteiger partial charge < -0.3 is 15.1 Å². The minimum Gasteiger partial charge on any atom is -0.467 e. The van der Waals surface area contributed by atoms with Crippen molar-refractivity contribution in [2.45, 2.75) is 45.2 Å². The van der Waals surface area contributed by atoms with Crippen LogP contribution in [-0.2, 0) is 13.0 Å². The lowest BCUT2D eigenvalue weighted by molar-refractivity contribution is 0.500. The number of rotatable bonds is 6. The molecule has 0 aliphatic heterocycles. The van der Waals surface area contributed by atoms with Crippen LogP contribution in [0, 0.1) is 0 Å². The average Bonchev–Trinajstić information content (AvgIpc) is 3.12. The predicted molar refractivity (Wildman–Crippen MR) is 78.4 cm³/mol. The van der Waals surface area contributed by atoms with Crippen molar-refractivity contribution in [3.05, 3.63) is 36.0 Å². The Morgan fingerprint density at radius 2 is 2.25 bits per heavy atom. The number of aromatic nitrogens is 2. The van der Waals surface area contributed by atoms with Crippen LogP contribution in [-0.4, -0.2) is 16.0 Å². The fourth-order valence-electron chi connectivity index (χ4n) is 2.34. The minimum atomic E-state index is 0.545. The number of hydrogen-bond acceptors (Lipinski definition) is 5. The molecule has 0 aromatic carbocycles. The fourth-order valence-corrected chi connectivity index (χ4v) is 2.34. The quantitative estimate of drug-likeness (QED) is 0.875. The molecule has 2 aromatic heterocycles. The van der Waals surface area contributed by atoms with E-state index in [0.29, 0.717) is 11.9 Å². The number of furan rings is 1. The topological polar surface area (TPSA) is 68.2 Å². The summed E-state index contributed by atoms with van der Waals surface area (Å²) >= 11 is 0. The lowest BCUT2D eigenvalue weighted by Gasteiger charge is -2.23. The first-order valence-corrected chi connectivity index (χ1v) is 7.18. The van der Waals surface area contributed by atoms with Gasteiger partial charge in [-0.1, -0.05) is 6.92 Å². The highest BCUT2D eigenvalue weighted by Gasteiger charge is 2.31.